The van der Waals surface area contributed by atoms with Gasteiger partial charge in [-0.05, 0) is 23.8 Å². The molecule has 1 aromatic carbocycles. The van der Waals surface area contributed by atoms with Crippen LogP contribution in [0.5, 0.6) is 11.5 Å². The molecule has 0 fully saturated rings. The fourth-order valence-corrected chi connectivity index (χ4v) is 2.60. The molecule has 0 aliphatic carbocycles. The molecule has 6 nitrogen and oxygen atoms in total. The number of rotatable bonds is 4. The molecule has 0 saturated heterocycles. The number of nitrogens with one attached hydrogen (secondary N) is 1. The van der Waals surface area contributed by atoms with Gasteiger partial charge in [0.1, 0.15) is 5.01 Å². The largest absolute Gasteiger partial charge is 0.454 e. The first-order valence-electron chi connectivity index (χ1n) is 6.84. The van der Waals surface area contributed by atoms with Crippen molar-refractivity contribution in [3.8, 4) is 11.5 Å². The SMILES string of the molecule is CC(C)c1nnc(NC(=O)C=Cc2ccc3c(c2)OCO3)s1. The van der Waals surface area contributed by atoms with E-state index in [4.69, 9.17) is 9.47 Å². The van der Waals surface area contributed by atoms with Crippen molar-refractivity contribution in [3.05, 3.63) is 34.8 Å². The quantitative estimate of drug-likeness (QED) is 0.877. The number of hydrogen-bond acceptors (Lipinski definition) is 6. The van der Waals surface area contributed by atoms with Crippen molar-refractivity contribution in [2.45, 2.75) is 19.8 Å². The summed E-state index contributed by atoms with van der Waals surface area (Å²) in [4.78, 5) is 11.9. The minimum absolute atomic E-state index is 0.234. The molecule has 0 spiro atoms. The van der Waals surface area contributed by atoms with Crippen molar-refractivity contribution in [3.63, 3.8) is 0 Å². The minimum Gasteiger partial charge on any atom is -0.454 e. The van der Waals surface area contributed by atoms with Gasteiger partial charge in [-0.1, -0.05) is 31.3 Å². The first kappa shape index (κ1) is 14.5. The molecule has 2 heterocycles. The molecule has 1 N–H and O–H groups in total. The first-order valence-corrected chi connectivity index (χ1v) is 7.65. The van der Waals surface area contributed by atoms with Gasteiger partial charge in [0, 0.05) is 12.0 Å². The summed E-state index contributed by atoms with van der Waals surface area (Å²) in [6.45, 7) is 4.30. The van der Waals surface area contributed by atoms with Gasteiger partial charge in [-0.2, -0.15) is 0 Å². The summed E-state index contributed by atoms with van der Waals surface area (Å²) >= 11 is 1.38. The second-order valence-electron chi connectivity index (χ2n) is 5.04. The third-order valence-corrected chi connectivity index (χ3v) is 4.13. The van der Waals surface area contributed by atoms with Crippen LogP contribution in [-0.4, -0.2) is 22.9 Å². The molecule has 0 unspecified atom stereocenters. The summed E-state index contributed by atoms with van der Waals surface area (Å²) in [5.41, 5.74) is 0.861. The molecule has 7 heteroatoms. The van der Waals surface area contributed by atoms with E-state index in [1.807, 2.05) is 32.0 Å². The van der Waals surface area contributed by atoms with Crippen molar-refractivity contribution in [2.24, 2.45) is 0 Å². The fraction of sp³-hybridized carbons (Fsp3) is 0.267. The number of carbonyl (C=O) groups is 1. The number of nitrogens with zero attached hydrogens (tertiary/aromatic N) is 2. The Morgan fingerprint density at radius 1 is 1.32 bits per heavy atom. The van der Waals surface area contributed by atoms with Gasteiger partial charge in [-0.3, -0.25) is 10.1 Å². The smallest absolute Gasteiger partial charge is 0.250 e. The van der Waals surface area contributed by atoms with E-state index in [1.165, 1.54) is 17.4 Å². The van der Waals surface area contributed by atoms with Crippen LogP contribution in [0.15, 0.2) is 24.3 Å². The fourth-order valence-electron chi connectivity index (χ4n) is 1.85. The first-order chi connectivity index (χ1) is 10.6. The summed E-state index contributed by atoms with van der Waals surface area (Å²) in [5.74, 6) is 1.46. The highest BCUT2D eigenvalue weighted by Gasteiger charge is 2.12. The second-order valence-corrected chi connectivity index (χ2v) is 6.04. The molecule has 2 aromatic rings. The van der Waals surface area contributed by atoms with Crippen LogP contribution in [-0.2, 0) is 4.79 Å². The Bertz CT molecular complexity index is 725. The third-order valence-electron chi connectivity index (χ3n) is 2.99. The van der Waals surface area contributed by atoms with Crippen LogP contribution >= 0.6 is 11.3 Å². The Labute approximate surface area is 131 Å². The number of anilines is 1. The number of benzene rings is 1. The Kier molecular flexibility index (Phi) is 4.06. The summed E-state index contributed by atoms with van der Waals surface area (Å²) in [6, 6.07) is 5.51. The molecular formula is C15H15N3O3S. The molecule has 1 aliphatic heterocycles. The van der Waals surface area contributed by atoms with E-state index in [0.717, 1.165) is 16.3 Å². The zero-order valence-electron chi connectivity index (χ0n) is 12.2. The summed E-state index contributed by atoms with van der Waals surface area (Å²) in [5, 5.41) is 12.1. The highest BCUT2D eigenvalue weighted by atomic mass is 32.1. The third kappa shape index (κ3) is 3.25. The van der Waals surface area contributed by atoms with E-state index in [9.17, 15) is 4.79 Å². The van der Waals surface area contributed by atoms with Gasteiger partial charge in [-0.15, -0.1) is 10.2 Å². The Balaban J connectivity index is 1.63. The number of aromatic nitrogens is 2. The van der Waals surface area contributed by atoms with Gasteiger partial charge in [0.15, 0.2) is 11.5 Å². The molecule has 22 heavy (non-hydrogen) atoms. The number of hydrogen-bond donors (Lipinski definition) is 1. The maximum Gasteiger partial charge on any atom is 0.250 e. The van der Waals surface area contributed by atoms with Crippen LogP contribution in [0.2, 0.25) is 0 Å². The summed E-state index contributed by atoms with van der Waals surface area (Å²) in [6.07, 6.45) is 3.16. The van der Waals surface area contributed by atoms with E-state index in [-0.39, 0.29) is 12.7 Å². The number of ether oxygens (including phenoxy) is 2. The zero-order valence-corrected chi connectivity index (χ0v) is 13.0. The van der Waals surface area contributed by atoms with Crippen molar-refractivity contribution in [1.29, 1.82) is 0 Å². The van der Waals surface area contributed by atoms with E-state index in [1.54, 1.807) is 6.08 Å². The lowest BCUT2D eigenvalue weighted by molar-refractivity contribution is -0.111. The Hall–Kier alpha value is -2.41. The van der Waals surface area contributed by atoms with Crippen LogP contribution in [0.1, 0.15) is 30.3 Å². The topological polar surface area (TPSA) is 73.3 Å². The normalized spacial score (nSPS) is 13.0. The molecule has 1 aromatic heterocycles. The highest BCUT2D eigenvalue weighted by molar-refractivity contribution is 7.15. The maximum absolute atomic E-state index is 11.9. The van der Waals surface area contributed by atoms with Gasteiger partial charge >= 0.3 is 0 Å². The standard InChI is InChI=1S/C15H15N3O3S/c1-9(2)14-17-18-15(22-14)16-13(19)6-4-10-3-5-11-12(7-10)21-8-20-11/h3-7,9H,8H2,1-2H3,(H,16,18,19). The maximum atomic E-state index is 11.9. The van der Waals surface area contributed by atoms with E-state index < -0.39 is 0 Å². The molecule has 0 saturated carbocycles. The van der Waals surface area contributed by atoms with E-state index >= 15 is 0 Å². The summed E-state index contributed by atoms with van der Waals surface area (Å²) in [7, 11) is 0. The molecule has 0 bridgehead atoms. The van der Waals surface area contributed by atoms with Crippen molar-refractivity contribution >= 4 is 28.5 Å². The molecule has 114 valence electrons. The predicted octanol–water partition coefficient (Wildman–Crippen LogP) is 3.04. The average Bonchev–Trinajstić information content (AvgIpc) is 3.13. The monoisotopic (exact) mass is 317 g/mol. The number of carbonyl (C=O) groups excluding carboxylic acids is 1. The predicted molar refractivity (Wildman–Crippen MR) is 84.2 cm³/mol. The highest BCUT2D eigenvalue weighted by Crippen LogP contribution is 2.32. The van der Waals surface area contributed by atoms with Crippen LogP contribution in [0.4, 0.5) is 5.13 Å². The van der Waals surface area contributed by atoms with Crippen LogP contribution in [0.3, 0.4) is 0 Å². The Morgan fingerprint density at radius 2 is 2.14 bits per heavy atom. The lowest BCUT2D eigenvalue weighted by Gasteiger charge is -1.98. The van der Waals surface area contributed by atoms with Gasteiger partial charge in [-0.25, -0.2) is 0 Å². The van der Waals surface area contributed by atoms with Crippen LogP contribution in [0.25, 0.3) is 6.08 Å². The van der Waals surface area contributed by atoms with Gasteiger partial charge in [0.05, 0.1) is 0 Å². The number of fused-ring (bicyclic) bond motifs is 1. The molecule has 0 atom stereocenters. The Morgan fingerprint density at radius 3 is 2.91 bits per heavy atom. The summed E-state index contributed by atoms with van der Waals surface area (Å²) < 4.78 is 10.5. The van der Waals surface area contributed by atoms with Gasteiger partial charge < -0.3 is 9.47 Å². The van der Waals surface area contributed by atoms with Crippen molar-refractivity contribution in [1.82, 2.24) is 10.2 Å². The number of amides is 1. The molecular weight excluding hydrogens is 302 g/mol. The van der Waals surface area contributed by atoms with Gasteiger partial charge in [0.25, 0.3) is 0 Å². The molecule has 1 aliphatic rings. The lowest BCUT2D eigenvalue weighted by Crippen LogP contribution is -2.07. The van der Waals surface area contributed by atoms with Crippen molar-refractivity contribution < 1.29 is 14.3 Å². The van der Waals surface area contributed by atoms with Crippen LogP contribution < -0.4 is 14.8 Å². The zero-order chi connectivity index (χ0) is 15.5. The lowest BCUT2D eigenvalue weighted by atomic mass is 10.2. The second kappa shape index (κ2) is 6.15. The molecule has 3 rings (SSSR count). The molecule has 0 radical (unpaired) electrons. The van der Waals surface area contributed by atoms with Gasteiger partial charge in [0.2, 0.25) is 17.8 Å². The average molecular weight is 317 g/mol. The van der Waals surface area contributed by atoms with E-state index in [2.05, 4.69) is 15.5 Å². The van der Waals surface area contributed by atoms with Crippen molar-refractivity contribution in [2.75, 3.05) is 12.1 Å². The van der Waals surface area contributed by atoms with E-state index in [0.29, 0.717) is 16.8 Å². The van der Waals surface area contributed by atoms with Crippen LogP contribution in [0, 0.1) is 0 Å². The molecule has 1 amide bonds. The minimum atomic E-state index is -0.246.